The fourth-order valence-corrected chi connectivity index (χ4v) is 14.9. The number of thiophene rings is 4. The van der Waals surface area contributed by atoms with Crippen LogP contribution >= 0.6 is 45.3 Å². The lowest BCUT2D eigenvalue weighted by atomic mass is 9.76. The van der Waals surface area contributed by atoms with Gasteiger partial charge < -0.3 is 14.2 Å². The molecular formula is C54H26N4O8S4. The molecule has 0 spiro atoms. The summed E-state index contributed by atoms with van der Waals surface area (Å²) in [5.74, 6) is -3.43. The maximum absolute atomic E-state index is 15.3. The van der Waals surface area contributed by atoms with Crippen LogP contribution in [0.15, 0.2) is 114 Å². The van der Waals surface area contributed by atoms with Crippen molar-refractivity contribution in [1.82, 2.24) is 0 Å². The van der Waals surface area contributed by atoms with Gasteiger partial charge in [-0.05, 0) is 70.8 Å². The molecule has 5 heterocycles. The van der Waals surface area contributed by atoms with Gasteiger partial charge in [0, 0.05) is 42.3 Å². The summed E-state index contributed by atoms with van der Waals surface area (Å²) in [6.07, 6.45) is 4.72. The molecule has 0 saturated carbocycles. The van der Waals surface area contributed by atoms with Crippen LogP contribution in [-0.2, 0) is 49.0 Å². The van der Waals surface area contributed by atoms with Gasteiger partial charge in [-0.3, -0.25) is 24.0 Å². The van der Waals surface area contributed by atoms with Crippen LogP contribution in [0, 0.1) is 45.3 Å². The molecule has 8 aromatic rings. The van der Waals surface area contributed by atoms with Gasteiger partial charge in [0.2, 0.25) is 5.41 Å². The van der Waals surface area contributed by atoms with E-state index in [2.05, 4.69) is 0 Å². The molecule has 3 aliphatic rings. The number of Topliss-reactive ketones (excluding diaryl/α,β-unsaturated/α-hetero) is 3. The Morgan fingerprint density at radius 2 is 1.14 bits per heavy atom. The summed E-state index contributed by atoms with van der Waals surface area (Å²) in [5, 5.41) is 38.6. The molecule has 2 aliphatic carbocycles. The minimum atomic E-state index is -2.26. The molecule has 0 N–H and O–H groups in total. The van der Waals surface area contributed by atoms with Crippen molar-refractivity contribution in [3.8, 4) is 24.3 Å². The smallest absolute Gasteiger partial charge is 0.333 e. The first-order chi connectivity index (χ1) is 34.0. The van der Waals surface area contributed by atoms with Gasteiger partial charge in [0.1, 0.15) is 37.5 Å². The number of esters is 2. The van der Waals surface area contributed by atoms with E-state index in [1.54, 1.807) is 54.6 Å². The second kappa shape index (κ2) is 17.3. The molecule has 334 valence electrons. The van der Waals surface area contributed by atoms with Gasteiger partial charge >= 0.3 is 11.9 Å². The van der Waals surface area contributed by atoms with Crippen molar-refractivity contribution in [2.75, 3.05) is 6.61 Å². The molecule has 70 heavy (non-hydrogen) atoms. The van der Waals surface area contributed by atoms with E-state index in [1.165, 1.54) is 81.8 Å². The second-order valence-corrected chi connectivity index (χ2v) is 20.5. The number of rotatable bonds is 8. The van der Waals surface area contributed by atoms with E-state index >= 15 is 9.59 Å². The van der Waals surface area contributed by atoms with Crippen LogP contribution in [0.2, 0.25) is 0 Å². The number of benzene rings is 4. The third kappa shape index (κ3) is 6.94. The first kappa shape index (κ1) is 44.1. The molecule has 0 bridgehead atoms. The van der Waals surface area contributed by atoms with Gasteiger partial charge in [-0.2, -0.15) is 21.0 Å². The van der Waals surface area contributed by atoms with Crippen LogP contribution in [0.4, 0.5) is 0 Å². The van der Waals surface area contributed by atoms with E-state index in [1.807, 2.05) is 42.5 Å². The molecule has 1 aliphatic heterocycles. The summed E-state index contributed by atoms with van der Waals surface area (Å²) in [6, 6.07) is 33.1. The Bertz CT molecular complexity index is 3860. The molecule has 4 aromatic carbocycles. The molecule has 12 nitrogen and oxygen atoms in total. The average Bonchev–Trinajstić information content (AvgIpc) is 4.20. The monoisotopic (exact) mass is 986 g/mol. The van der Waals surface area contributed by atoms with Crippen molar-refractivity contribution < 1.29 is 38.2 Å². The Hall–Kier alpha value is -8.45. The Morgan fingerprint density at radius 3 is 1.73 bits per heavy atom. The van der Waals surface area contributed by atoms with Crippen molar-refractivity contribution in [1.29, 1.82) is 21.0 Å². The Morgan fingerprint density at radius 1 is 0.600 bits per heavy atom. The number of fused-ring (bicyclic) bond motifs is 9. The number of carbonyl (C=O) groups is 5. The van der Waals surface area contributed by atoms with E-state index in [9.17, 15) is 35.4 Å². The highest BCUT2D eigenvalue weighted by molar-refractivity contribution is 7.44. The quantitative estimate of drug-likeness (QED) is 0.0603. The van der Waals surface area contributed by atoms with Gasteiger partial charge in [0.05, 0.1) is 64.5 Å². The first-order valence-corrected chi connectivity index (χ1v) is 24.5. The number of ketones is 3. The van der Waals surface area contributed by atoms with Gasteiger partial charge in [0.15, 0.2) is 17.3 Å². The lowest BCUT2D eigenvalue weighted by Gasteiger charge is -2.28. The largest absolute Gasteiger partial charge is 0.459 e. The normalized spacial score (nSPS) is 15.1. The van der Waals surface area contributed by atoms with Crippen molar-refractivity contribution in [2.24, 2.45) is 0 Å². The summed E-state index contributed by atoms with van der Waals surface area (Å²) in [7, 11) is 0. The zero-order valence-corrected chi connectivity index (χ0v) is 39.2. The van der Waals surface area contributed by atoms with E-state index < -0.39 is 34.7 Å². The Labute approximate surface area is 412 Å². The minimum Gasteiger partial charge on any atom is -0.459 e. The predicted molar refractivity (Wildman–Crippen MR) is 263 cm³/mol. The molecule has 0 amide bonds. The van der Waals surface area contributed by atoms with Crippen molar-refractivity contribution in [3.63, 3.8) is 0 Å². The Balaban J connectivity index is 1.06. The lowest BCUT2D eigenvalue weighted by Crippen LogP contribution is -2.46. The number of nitriles is 4. The SMILES string of the molecule is N#Cc1cc2c(cc1C#N)C(=O)/C(=C/C1=Cc3sc4c(sc5c6sc(C=C7C(=O)c8cc(C#N)c(C#N)cc8C7=O)cc6sc45)c3C1(C(=O)OCc1ccccc1)C(=O)OCc1ccccc1)COC2. The molecule has 4 aromatic heterocycles. The number of ether oxygens (including phenoxy) is 3. The maximum Gasteiger partial charge on any atom is 0.333 e. The summed E-state index contributed by atoms with van der Waals surface area (Å²) in [4.78, 5) is 73.5. The predicted octanol–water partition coefficient (Wildman–Crippen LogP) is 10.8. The fourth-order valence-electron chi connectivity index (χ4n) is 8.96. The third-order valence-electron chi connectivity index (χ3n) is 12.3. The lowest BCUT2D eigenvalue weighted by molar-refractivity contribution is -0.164. The van der Waals surface area contributed by atoms with Gasteiger partial charge in [-0.25, -0.2) is 0 Å². The van der Waals surface area contributed by atoms with Gasteiger partial charge in [0.25, 0.3) is 0 Å². The standard InChI is InChI=1S/C54H26N4O8S4/c55-19-29-11-33-25-64-26-34(44(59)37(33)13-30(29)20-56)12-35-16-41-43(54(35,52(62)65-23-27-7-3-1-4-8-27)53(63)66-24-28-9-5-2-6-10-28)48-50(68-41)51-49(70-48)47-42(69-51)18-36(67-47)17-40-45(60)38-14-31(21-57)32(22-58)15-39(38)46(40)61/h1-18H,23-26H2/b34-12+. The second-order valence-electron chi connectivity index (χ2n) is 16.3. The van der Waals surface area contributed by atoms with Crippen LogP contribution in [-0.4, -0.2) is 35.9 Å². The number of nitrogens with zero attached hydrogens (tertiary/aromatic N) is 4. The summed E-state index contributed by atoms with van der Waals surface area (Å²) in [6.45, 7) is -0.628. The van der Waals surface area contributed by atoms with Crippen LogP contribution in [0.5, 0.6) is 0 Å². The van der Waals surface area contributed by atoms with Crippen molar-refractivity contribution in [3.05, 3.63) is 185 Å². The van der Waals surface area contributed by atoms with Crippen LogP contribution < -0.4 is 0 Å². The molecular weight excluding hydrogens is 961 g/mol. The van der Waals surface area contributed by atoms with Gasteiger partial charge in [-0.1, -0.05) is 60.7 Å². The number of hydrogen-bond donors (Lipinski definition) is 0. The molecule has 0 radical (unpaired) electrons. The highest BCUT2D eigenvalue weighted by Crippen LogP contribution is 2.58. The number of carbonyl (C=O) groups excluding carboxylic acids is 5. The third-order valence-corrected chi connectivity index (χ3v) is 17.6. The highest BCUT2D eigenvalue weighted by Gasteiger charge is 2.59. The molecule has 0 unspecified atom stereocenters. The fraction of sp³-hybridized carbons (Fsp3) is 0.0926. The van der Waals surface area contributed by atoms with Crippen molar-refractivity contribution >= 4 is 115 Å². The molecule has 11 rings (SSSR count). The highest BCUT2D eigenvalue weighted by atomic mass is 32.1. The topological polar surface area (TPSA) is 208 Å². The summed E-state index contributed by atoms with van der Waals surface area (Å²) < 4.78 is 23.2. The number of hydrogen-bond acceptors (Lipinski definition) is 16. The van der Waals surface area contributed by atoms with Crippen LogP contribution in [0.25, 0.3) is 40.4 Å². The maximum atomic E-state index is 15.3. The zero-order chi connectivity index (χ0) is 48.4. The average molecular weight is 987 g/mol. The van der Waals surface area contributed by atoms with E-state index in [0.29, 0.717) is 36.7 Å². The molecule has 0 fully saturated rings. The van der Waals surface area contributed by atoms with Gasteiger partial charge in [-0.15, -0.1) is 45.3 Å². The summed E-state index contributed by atoms with van der Waals surface area (Å²) in [5.41, 5.74) is 0.387. The number of allylic oxidation sites excluding steroid dienone is 2. The minimum absolute atomic E-state index is 0.00692. The summed E-state index contributed by atoms with van der Waals surface area (Å²) >= 11 is 5.61. The van der Waals surface area contributed by atoms with E-state index in [4.69, 9.17) is 14.2 Å². The van der Waals surface area contributed by atoms with E-state index in [-0.39, 0.29) is 82.1 Å². The van der Waals surface area contributed by atoms with Crippen LogP contribution in [0.1, 0.15) is 85.3 Å². The molecule has 16 heteroatoms. The van der Waals surface area contributed by atoms with Crippen molar-refractivity contribution in [2.45, 2.75) is 25.2 Å². The first-order valence-electron chi connectivity index (χ1n) is 21.2. The zero-order valence-electron chi connectivity index (χ0n) is 35.9. The Kier molecular flexibility index (Phi) is 10.9. The van der Waals surface area contributed by atoms with Crippen LogP contribution in [0.3, 0.4) is 0 Å². The molecule has 0 atom stereocenters. The molecule has 0 saturated heterocycles. The van der Waals surface area contributed by atoms with E-state index in [0.717, 1.165) is 23.5 Å².